The van der Waals surface area contributed by atoms with Gasteiger partial charge in [0, 0.05) is 11.5 Å². The van der Waals surface area contributed by atoms with Gasteiger partial charge < -0.3 is 9.47 Å². The van der Waals surface area contributed by atoms with E-state index in [-0.39, 0.29) is 5.75 Å². The van der Waals surface area contributed by atoms with Gasteiger partial charge in [-0.15, -0.1) is 0 Å². The SMILES string of the molecule is COc1cc2ncnc(CCCCCS(N)(=O)=O)c2cc1OC. The molecule has 0 saturated carbocycles. The molecule has 0 amide bonds. The van der Waals surface area contributed by atoms with Crippen molar-refractivity contribution in [3.8, 4) is 11.5 Å². The molecule has 1 heterocycles. The number of methoxy groups -OCH3 is 2. The summed E-state index contributed by atoms with van der Waals surface area (Å²) in [7, 11) is -0.212. The molecule has 7 nitrogen and oxygen atoms in total. The van der Waals surface area contributed by atoms with E-state index < -0.39 is 10.0 Å². The van der Waals surface area contributed by atoms with Gasteiger partial charge in [0.1, 0.15) is 6.33 Å². The van der Waals surface area contributed by atoms with Gasteiger partial charge in [-0.1, -0.05) is 6.42 Å². The number of hydrogen-bond donors (Lipinski definition) is 1. The van der Waals surface area contributed by atoms with E-state index in [4.69, 9.17) is 14.6 Å². The van der Waals surface area contributed by atoms with Gasteiger partial charge in [-0.05, 0) is 25.3 Å². The number of sulfonamides is 1. The number of nitrogens with two attached hydrogens (primary N) is 1. The minimum Gasteiger partial charge on any atom is -0.493 e. The van der Waals surface area contributed by atoms with Crippen molar-refractivity contribution in [2.24, 2.45) is 5.14 Å². The number of nitrogens with zero attached hydrogens (tertiary/aromatic N) is 2. The van der Waals surface area contributed by atoms with Crippen molar-refractivity contribution < 1.29 is 17.9 Å². The average molecular weight is 339 g/mol. The number of unbranched alkanes of at least 4 members (excludes halogenated alkanes) is 2. The van der Waals surface area contributed by atoms with Crippen LogP contribution in [0, 0.1) is 0 Å². The second-order valence-corrected chi connectivity index (χ2v) is 6.96. The third-order valence-corrected chi connectivity index (χ3v) is 4.42. The molecular weight excluding hydrogens is 318 g/mol. The van der Waals surface area contributed by atoms with Crippen LogP contribution in [0.2, 0.25) is 0 Å². The number of primary sulfonamides is 1. The molecule has 2 rings (SSSR count). The third-order valence-electron chi connectivity index (χ3n) is 3.57. The van der Waals surface area contributed by atoms with Crippen LogP contribution in [0.15, 0.2) is 18.5 Å². The summed E-state index contributed by atoms with van der Waals surface area (Å²) < 4.78 is 32.4. The fourth-order valence-corrected chi connectivity index (χ4v) is 3.01. The van der Waals surface area contributed by atoms with Gasteiger partial charge in [0.05, 0.1) is 31.2 Å². The van der Waals surface area contributed by atoms with E-state index in [1.165, 1.54) is 6.33 Å². The highest BCUT2D eigenvalue weighted by molar-refractivity contribution is 7.89. The Kier molecular flexibility index (Phi) is 5.73. The van der Waals surface area contributed by atoms with E-state index in [1.54, 1.807) is 14.2 Å². The Morgan fingerprint density at radius 2 is 1.74 bits per heavy atom. The van der Waals surface area contributed by atoms with Crippen LogP contribution in [0.3, 0.4) is 0 Å². The third kappa shape index (κ3) is 4.77. The lowest BCUT2D eigenvalue weighted by Gasteiger charge is -2.10. The second kappa shape index (κ2) is 7.56. The monoisotopic (exact) mass is 339 g/mol. The van der Waals surface area contributed by atoms with Gasteiger partial charge in [0.25, 0.3) is 0 Å². The number of benzene rings is 1. The standard InChI is InChI=1S/C15H21N3O4S/c1-21-14-8-11-12(6-4-3-5-7-23(16,19)20)17-10-18-13(11)9-15(14)22-2/h8-10H,3-7H2,1-2H3,(H2,16,19,20). The van der Waals surface area contributed by atoms with E-state index in [0.29, 0.717) is 17.9 Å². The first kappa shape index (κ1) is 17.4. The molecule has 0 spiro atoms. The van der Waals surface area contributed by atoms with Crippen LogP contribution >= 0.6 is 0 Å². The van der Waals surface area contributed by atoms with Crippen LogP contribution in [0.4, 0.5) is 0 Å². The summed E-state index contributed by atoms with van der Waals surface area (Å²) in [5, 5.41) is 5.90. The van der Waals surface area contributed by atoms with E-state index in [9.17, 15) is 8.42 Å². The van der Waals surface area contributed by atoms with Gasteiger partial charge in [-0.2, -0.15) is 0 Å². The van der Waals surface area contributed by atoms with Crippen LogP contribution in [0.1, 0.15) is 25.0 Å². The van der Waals surface area contributed by atoms with Gasteiger partial charge in [-0.25, -0.2) is 23.5 Å². The van der Waals surface area contributed by atoms with Crippen LogP contribution in [-0.2, 0) is 16.4 Å². The minimum absolute atomic E-state index is 0.0164. The quantitative estimate of drug-likeness (QED) is 0.733. The average Bonchev–Trinajstić information content (AvgIpc) is 2.52. The van der Waals surface area contributed by atoms with Crippen molar-refractivity contribution in [3.63, 3.8) is 0 Å². The largest absolute Gasteiger partial charge is 0.493 e. The molecule has 1 aromatic heterocycles. The number of hydrogen-bond acceptors (Lipinski definition) is 6. The molecule has 2 aromatic rings. The van der Waals surface area contributed by atoms with Crippen molar-refractivity contribution in [2.45, 2.75) is 25.7 Å². The van der Waals surface area contributed by atoms with Crippen molar-refractivity contribution in [2.75, 3.05) is 20.0 Å². The van der Waals surface area contributed by atoms with E-state index in [0.717, 1.165) is 35.9 Å². The maximum absolute atomic E-state index is 10.9. The molecule has 2 N–H and O–H groups in total. The number of fused-ring (bicyclic) bond motifs is 1. The molecule has 0 fully saturated rings. The highest BCUT2D eigenvalue weighted by Gasteiger charge is 2.11. The van der Waals surface area contributed by atoms with Crippen LogP contribution < -0.4 is 14.6 Å². The first-order valence-electron chi connectivity index (χ1n) is 7.30. The fraction of sp³-hybridized carbons (Fsp3) is 0.467. The van der Waals surface area contributed by atoms with Crippen molar-refractivity contribution in [1.82, 2.24) is 9.97 Å². The van der Waals surface area contributed by atoms with E-state index in [2.05, 4.69) is 9.97 Å². The van der Waals surface area contributed by atoms with Crippen LogP contribution in [0.25, 0.3) is 10.9 Å². The molecule has 0 aliphatic rings. The van der Waals surface area contributed by atoms with Gasteiger partial charge in [0.2, 0.25) is 10.0 Å². The zero-order valence-electron chi connectivity index (χ0n) is 13.3. The van der Waals surface area contributed by atoms with Crippen LogP contribution in [0.5, 0.6) is 11.5 Å². The predicted molar refractivity (Wildman–Crippen MR) is 88.2 cm³/mol. The number of rotatable bonds is 8. The molecule has 8 heteroatoms. The topological polar surface area (TPSA) is 104 Å². The molecule has 0 radical (unpaired) electrons. The molecule has 23 heavy (non-hydrogen) atoms. The smallest absolute Gasteiger partial charge is 0.209 e. The molecule has 0 aliphatic carbocycles. The van der Waals surface area contributed by atoms with E-state index in [1.807, 2.05) is 12.1 Å². The molecule has 0 atom stereocenters. The first-order chi connectivity index (χ1) is 10.9. The van der Waals surface area contributed by atoms with Crippen molar-refractivity contribution in [3.05, 3.63) is 24.2 Å². The predicted octanol–water partition coefficient (Wildman–Crippen LogP) is 1.65. The summed E-state index contributed by atoms with van der Waals surface area (Å²) in [5.41, 5.74) is 1.70. The highest BCUT2D eigenvalue weighted by atomic mass is 32.2. The maximum Gasteiger partial charge on any atom is 0.209 e. The zero-order chi connectivity index (χ0) is 16.9. The Morgan fingerprint density at radius 3 is 2.39 bits per heavy atom. The Labute approximate surface area is 135 Å². The van der Waals surface area contributed by atoms with Gasteiger partial charge >= 0.3 is 0 Å². The molecule has 1 aromatic carbocycles. The summed E-state index contributed by atoms with van der Waals surface area (Å²) in [6, 6.07) is 3.69. The molecular formula is C15H21N3O4S. The number of aromatic nitrogens is 2. The second-order valence-electron chi connectivity index (χ2n) is 5.22. The Morgan fingerprint density at radius 1 is 1.04 bits per heavy atom. The Bertz CT molecular complexity index is 778. The van der Waals surface area contributed by atoms with Crippen molar-refractivity contribution in [1.29, 1.82) is 0 Å². The lowest BCUT2D eigenvalue weighted by Crippen LogP contribution is -2.16. The van der Waals surface area contributed by atoms with Gasteiger partial charge in [-0.3, -0.25) is 0 Å². The normalized spacial score (nSPS) is 11.6. The van der Waals surface area contributed by atoms with E-state index >= 15 is 0 Å². The summed E-state index contributed by atoms with van der Waals surface area (Å²) >= 11 is 0. The first-order valence-corrected chi connectivity index (χ1v) is 9.02. The van der Waals surface area contributed by atoms with Crippen LogP contribution in [-0.4, -0.2) is 38.4 Å². The molecule has 0 saturated heterocycles. The molecule has 0 bridgehead atoms. The maximum atomic E-state index is 10.9. The molecule has 0 aliphatic heterocycles. The Balaban J connectivity index is 2.11. The number of aryl methyl sites for hydroxylation is 1. The lowest BCUT2D eigenvalue weighted by atomic mass is 10.1. The molecule has 0 unspecified atom stereocenters. The highest BCUT2D eigenvalue weighted by Crippen LogP contribution is 2.32. The van der Waals surface area contributed by atoms with Crippen molar-refractivity contribution >= 4 is 20.9 Å². The minimum atomic E-state index is -3.38. The lowest BCUT2D eigenvalue weighted by molar-refractivity contribution is 0.355. The summed E-state index contributed by atoms with van der Waals surface area (Å²) in [4.78, 5) is 8.59. The summed E-state index contributed by atoms with van der Waals surface area (Å²) in [6.07, 6.45) is 4.41. The van der Waals surface area contributed by atoms with Gasteiger partial charge in [0.15, 0.2) is 11.5 Å². The number of ether oxygens (including phenoxy) is 2. The fourth-order valence-electron chi connectivity index (χ4n) is 2.41. The Hall–Kier alpha value is -1.93. The summed E-state index contributed by atoms with van der Waals surface area (Å²) in [6.45, 7) is 0. The zero-order valence-corrected chi connectivity index (χ0v) is 14.1. The molecule has 126 valence electrons. The summed E-state index contributed by atoms with van der Waals surface area (Å²) in [5.74, 6) is 1.27.